The molecule has 0 radical (unpaired) electrons. The third kappa shape index (κ3) is 2.03. The van der Waals surface area contributed by atoms with Gasteiger partial charge in [-0.3, -0.25) is 0 Å². The monoisotopic (exact) mass is 203 g/mol. The van der Waals surface area contributed by atoms with Crippen molar-refractivity contribution in [3.63, 3.8) is 0 Å². The summed E-state index contributed by atoms with van der Waals surface area (Å²) in [7, 11) is 0. The van der Waals surface area contributed by atoms with Crippen LogP contribution in [0.4, 0.5) is 5.82 Å². The molecule has 2 heterocycles. The number of nitrogens with two attached hydrogens (primary N) is 1. The molecule has 0 bridgehead atoms. The van der Waals surface area contributed by atoms with Gasteiger partial charge in [0.2, 0.25) is 0 Å². The minimum absolute atomic E-state index is 0.505. The van der Waals surface area contributed by atoms with Gasteiger partial charge in [0.15, 0.2) is 5.82 Å². The van der Waals surface area contributed by atoms with Gasteiger partial charge in [-0.1, -0.05) is 19.0 Å². The molecule has 4 heteroatoms. The SMILES string of the molecule is CC(C)c1ccc([N+]2=NC(N)=CC2)nc1. The Kier molecular flexibility index (Phi) is 2.49. The highest BCUT2D eigenvalue weighted by Crippen LogP contribution is 2.18. The summed E-state index contributed by atoms with van der Waals surface area (Å²) in [6.45, 7) is 5.01. The van der Waals surface area contributed by atoms with Crippen molar-refractivity contribution in [2.45, 2.75) is 19.8 Å². The zero-order chi connectivity index (χ0) is 10.8. The Morgan fingerprint density at radius 2 is 2.20 bits per heavy atom. The highest BCUT2D eigenvalue weighted by atomic mass is 15.3. The van der Waals surface area contributed by atoms with Crippen molar-refractivity contribution < 1.29 is 4.70 Å². The van der Waals surface area contributed by atoms with Gasteiger partial charge in [-0.15, -0.1) is 4.70 Å². The second kappa shape index (κ2) is 3.81. The van der Waals surface area contributed by atoms with Crippen molar-refractivity contribution in [2.24, 2.45) is 10.8 Å². The van der Waals surface area contributed by atoms with Crippen LogP contribution in [0.2, 0.25) is 0 Å². The average Bonchev–Trinajstić information content (AvgIpc) is 2.65. The second-order valence-electron chi connectivity index (χ2n) is 3.92. The maximum Gasteiger partial charge on any atom is 0.343 e. The molecule has 1 aromatic heterocycles. The Balaban J connectivity index is 2.22. The Bertz CT molecular complexity index is 415. The Hall–Kier alpha value is -1.71. The third-order valence-electron chi connectivity index (χ3n) is 2.41. The van der Waals surface area contributed by atoms with Crippen LogP contribution in [0, 0.1) is 0 Å². The molecule has 2 rings (SSSR count). The minimum Gasteiger partial charge on any atom is -0.381 e. The highest BCUT2D eigenvalue weighted by molar-refractivity contribution is 5.24. The van der Waals surface area contributed by atoms with Crippen LogP contribution in [0.15, 0.2) is 35.3 Å². The molecule has 1 aliphatic heterocycles. The molecule has 2 N–H and O–H groups in total. The van der Waals surface area contributed by atoms with E-state index in [0.29, 0.717) is 18.3 Å². The molecule has 78 valence electrons. The molecule has 0 fully saturated rings. The van der Waals surface area contributed by atoms with Crippen LogP contribution in [-0.2, 0) is 0 Å². The van der Waals surface area contributed by atoms with E-state index in [9.17, 15) is 0 Å². The van der Waals surface area contributed by atoms with Crippen LogP contribution in [0.25, 0.3) is 0 Å². The van der Waals surface area contributed by atoms with Crippen molar-refractivity contribution in [1.82, 2.24) is 4.98 Å². The van der Waals surface area contributed by atoms with Gasteiger partial charge in [-0.05, 0) is 22.5 Å². The first-order valence-corrected chi connectivity index (χ1v) is 5.07. The zero-order valence-electron chi connectivity index (χ0n) is 9.01. The van der Waals surface area contributed by atoms with Crippen molar-refractivity contribution in [1.29, 1.82) is 0 Å². The van der Waals surface area contributed by atoms with E-state index in [1.807, 2.05) is 18.3 Å². The lowest BCUT2D eigenvalue weighted by molar-refractivity contribution is -0.497. The van der Waals surface area contributed by atoms with Gasteiger partial charge in [0, 0.05) is 12.1 Å². The normalized spacial score (nSPS) is 15.4. The predicted octanol–water partition coefficient (Wildman–Crippen LogP) is 2.11. The molecule has 15 heavy (non-hydrogen) atoms. The lowest BCUT2D eigenvalue weighted by Gasteiger charge is -2.00. The van der Waals surface area contributed by atoms with Gasteiger partial charge in [-0.25, -0.2) is 0 Å². The van der Waals surface area contributed by atoms with Crippen LogP contribution in [0.5, 0.6) is 0 Å². The molecule has 0 amide bonds. The first-order chi connectivity index (χ1) is 7.16. The first kappa shape index (κ1) is 9.83. The van der Waals surface area contributed by atoms with Crippen LogP contribution in [-0.4, -0.2) is 16.2 Å². The van der Waals surface area contributed by atoms with Gasteiger partial charge in [0.05, 0.1) is 0 Å². The van der Waals surface area contributed by atoms with Crippen LogP contribution in [0.1, 0.15) is 25.3 Å². The number of aromatic nitrogens is 1. The zero-order valence-corrected chi connectivity index (χ0v) is 9.01. The lowest BCUT2D eigenvalue weighted by Crippen LogP contribution is -2.01. The summed E-state index contributed by atoms with van der Waals surface area (Å²) < 4.78 is 1.79. The summed E-state index contributed by atoms with van der Waals surface area (Å²) in [5.41, 5.74) is 6.80. The summed E-state index contributed by atoms with van der Waals surface area (Å²) in [5, 5.41) is 4.14. The molecule has 0 spiro atoms. The molecular formula is C11H15N4+. The standard InChI is InChI=1S/C11H15N4/c1-8(2)9-3-4-11(13-7-9)15-6-5-10(12)14-15/h3-5,7-8H,6,12H2,1-2H3/q+1. The van der Waals surface area contributed by atoms with E-state index < -0.39 is 0 Å². The fraction of sp³-hybridized carbons (Fsp3) is 0.364. The Morgan fingerprint density at radius 3 is 2.67 bits per heavy atom. The third-order valence-corrected chi connectivity index (χ3v) is 2.41. The molecule has 1 aliphatic rings. The minimum atomic E-state index is 0.505. The van der Waals surface area contributed by atoms with Gasteiger partial charge in [0.25, 0.3) is 0 Å². The second-order valence-corrected chi connectivity index (χ2v) is 3.92. The number of pyridine rings is 1. The van der Waals surface area contributed by atoms with Crippen LogP contribution >= 0.6 is 0 Å². The maximum atomic E-state index is 5.57. The predicted molar refractivity (Wildman–Crippen MR) is 57.8 cm³/mol. The summed E-state index contributed by atoms with van der Waals surface area (Å²) >= 11 is 0. The molecule has 1 aromatic rings. The molecule has 4 nitrogen and oxygen atoms in total. The fourth-order valence-electron chi connectivity index (χ4n) is 1.44. The summed E-state index contributed by atoms with van der Waals surface area (Å²) in [4.78, 5) is 4.36. The number of azo groups is 2. The average molecular weight is 203 g/mol. The number of nitrogens with zero attached hydrogens (tertiary/aromatic N) is 3. The van der Waals surface area contributed by atoms with Crippen LogP contribution in [0.3, 0.4) is 0 Å². The van der Waals surface area contributed by atoms with Gasteiger partial charge in [-0.2, -0.15) is 0 Å². The van der Waals surface area contributed by atoms with E-state index in [-0.39, 0.29) is 0 Å². The molecule has 0 saturated carbocycles. The van der Waals surface area contributed by atoms with E-state index >= 15 is 0 Å². The van der Waals surface area contributed by atoms with Gasteiger partial charge >= 0.3 is 5.82 Å². The molecule has 0 unspecified atom stereocenters. The van der Waals surface area contributed by atoms with Crippen molar-refractivity contribution >= 4 is 5.82 Å². The number of hydrogen-bond donors (Lipinski definition) is 1. The Labute approximate surface area is 89.1 Å². The largest absolute Gasteiger partial charge is 0.381 e. The maximum absolute atomic E-state index is 5.57. The van der Waals surface area contributed by atoms with E-state index in [1.54, 1.807) is 4.70 Å². The molecule has 0 aromatic carbocycles. The summed E-state index contributed by atoms with van der Waals surface area (Å²) in [6.07, 6.45) is 3.77. The summed E-state index contributed by atoms with van der Waals surface area (Å²) in [6, 6.07) is 4.06. The highest BCUT2D eigenvalue weighted by Gasteiger charge is 2.16. The topological polar surface area (TPSA) is 54.3 Å². The van der Waals surface area contributed by atoms with E-state index in [2.05, 4.69) is 30.0 Å². The fourth-order valence-corrected chi connectivity index (χ4v) is 1.44. The molecule has 0 saturated heterocycles. The van der Waals surface area contributed by atoms with Crippen molar-refractivity contribution in [2.75, 3.05) is 6.54 Å². The van der Waals surface area contributed by atoms with Gasteiger partial charge in [0.1, 0.15) is 12.7 Å². The van der Waals surface area contributed by atoms with Gasteiger partial charge < -0.3 is 5.73 Å². The quantitative estimate of drug-likeness (QED) is 0.748. The summed E-state index contributed by atoms with van der Waals surface area (Å²) in [5.74, 6) is 1.91. The smallest absolute Gasteiger partial charge is 0.343 e. The number of rotatable bonds is 2. The first-order valence-electron chi connectivity index (χ1n) is 5.07. The molecular weight excluding hydrogens is 188 g/mol. The molecule has 0 atom stereocenters. The number of hydrogen-bond acceptors (Lipinski definition) is 3. The molecule has 0 aliphatic carbocycles. The van der Waals surface area contributed by atoms with E-state index in [1.165, 1.54) is 5.56 Å². The van der Waals surface area contributed by atoms with E-state index in [4.69, 9.17) is 5.73 Å². The van der Waals surface area contributed by atoms with Crippen LogP contribution < -0.4 is 5.73 Å². The Morgan fingerprint density at radius 1 is 1.40 bits per heavy atom. The van der Waals surface area contributed by atoms with Crippen molar-refractivity contribution in [3.05, 3.63) is 35.8 Å². The van der Waals surface area contributed by atoms with E-state index in [0.717, 1.165) is 5.82 Å². The lowest BCUT2D eigenvalue weighted by atomic mass is 10.1. The van der Waals surface area contributed by atoms with Crippen molar-refractivity contribution in [3.8, 4) is 0 Å².